The molecule has 2 saturated heterocycles. The van der Waals surface area contributed by atoms with Crippen molar-refractivity contribution >= 4 is 5.97 Å². The van der Waals surface area contributed by atoms with E-state index in [-0.39, 0.29) is 0 Å². The molecule has 2 heterocycles. The van der Waals surface area contributed by atoms with Gasteiger partial charge in [-0.05, 0) is 19.4 Å². The molecule has 0 saturated carbocycles. The molecule has 21 heavy (non-hydrogen) atoms. The second-order valence-corrected chi connectivity index (χ2v) is 5.62. The molecule has 1 aromatic carbocycles. The van der Waals surface area contributed by atoms with Crippen molar-refractivity contribution in [2.24, 2.45) is 0 Å². The van der Waals surface area contributed by atoms with Gasteiger partial charge >= 0.3 is 5.97 Å². The van der Waals surface area contributed by atoms with Crippen LogP contribution in [0, 0.1) is 0 Å². The van der Waals surface area contributed by atoms with Crippen LogP contribution >= 0.6 is 0 Å². The average Bonchev–Trinajstić information content (AvgIpc) is 2.91. The van der Waals surface area contributed by atoms with Crippen molar-refractivity contribution in [3.05, 3.63) is 35.9 Å². The number of benzene rings is 1. The second kappa shape index (κ2) is 5.38. The van der Waals surface area contributed by atoms with E-state index in [9.17, 15) is 9.90 Å². The number of rotatable bonds is 4. The van der Waals surface area contributed by atoms with E-state index in [0.717, 1.165) is 5.56 Å². The molecule has 2 fully saturated rings. The lowest BCUT2D eigenvalue weighted by atomic mass is 10.1. The number of carboxylic acids is 1. The predicted molar refractivity (Wildman–Crippen MR) is 71.4 cm³/mol. The number of hydrogen-bond donors (Lipinski definition) is 1. The van der Waals surface area contributed by atoms with Gasteiger partial charge in [0.15, 0.2) is 18.2 Å². The van der Waals surface area contributed by atoms with Crippen LogP contribution in [0.25, 0.3) is 0 Å². The van der Waals surface area contributed by atoms with Crippen LogP contribution in [0.5, 0.6) is 0 Å². The van der Waals surface area contributed by atoms with Crippen molar-refractivity contribution in [2.75, 3.05) is 0 Å². The van der Waals surface area contributed by atoms with Gasteiger partial charge in [-0.3, -0.25) is 0 Å². The standard InChI is InChI=1S/C15H18O6/c1-15(2)20-10-11(13(16)17)19-14(12(10)21-15)18-8-9-6-4-3-5-7-9/h3-7,10-12,14H,8H2,1-2H3,(H,16,17)/t10-,11-,12-,14-/m0/s1. The van der Waals surface area contributed by atoms with E-state index in [1.165, 1.54) is 0 Å². The van der Waals surface area contributed by atoms with Gasteiger partial charge in [-0.2, -0.15) is 0 Å². The molecular weight excluding hydrogens is 276 g/mol. The molecule has 0 spiro atoms. The van der Waals surface area contributed by atoms with Crippen molar-refractivity contribution in [1.29, 1.82) is 0 Å². The SMILES string of the molecule is CC1(C)O[C@@H]2[C@@H](OCc3ccccc3)O[C@H](C(=O)O)[C@@H]2O1. The zero-order valence-corrected chi connectivity index (χ0v) is 11.9. The van der Waals surface area contributed by atoms with E-state index in [2.05, 4.69) is 0 Å². The van der Waals surface area contributed by atoms with Crippen LogP contribution in [0.4, 0.5) is 0 Å². The highest BCUT2D eigenvalue weighted by atomic mass is 16.8. The Morgan fingerprint density at radius 2 is 1.90 bits per heavy atom. The van der Waals surface area contributed by atoms with Gasteiger partial charge < -0.3 is 24.1 Å². The molecule has 0 aliphatic carbocycles. The van der Waals surface area contributed by atoms with Gasteiger partial charge in [-0.25, -0.2) is 4.79 Å². The first-order valence-electron chi connectivity index (χ1n) is 6.86. The Morgan fingerprint density at radius 1 is 1.24 bits per heavy atom. The fraction of sp³-hybridized carbons (Fsp3) is 0.533. The van der Waals surface area contributed by atoms with E-state index >= 15 is 0 Å². The van der Waals surface area contributed by atoms with Crippen LogP contribution in [0.2, 0.25) is 0 Å². The molecule has 0 aromatic heterocycles. The minimum absolute atomic E-state index is 0.324. The summed E-state index contributed by atoms with van der Waals surface area (Å²) in [6.45, 7) is 3.82. The number of hydrogen-bond acceptors (Lipinski definition) is 5. The third-order valence-electron chi connectivity index (χ3n) is 3.51. The summed E-state index contributed by atoms with van der Waals surface area (Å²) in [7, 11) is 0. The fourth-order valence-electron chi connectivity index (χ4n) is 2.65. The largest absolute Gasteiger partial charge is 0.479 e. The molecule has 2 aliphatic heterocycles. The molecular formula is C15H18O6. The molecule has 0 unspecified atom stereocenters. The maximum atomic E-state index is 11.3. The number of aliphatic carboxylic acids is 1. The average molecular weight is 294 g/mol. The first-order chi connectivity index (χ1) is 9.96. The lowest BCUT2D eigenvalue weighted by Crippen LogP contribution is -2.35. The van der Waals surface area contributed by atoms with Crippen molar-refractivity contribution in [2.45, 2.75) is 50.8 Å². The molecule has 0 bridgehead atoms. The van der Waals surface area contributed by atoms with Crippen LogP contribution in [0.1, 0.15) is 19.4 Å². The normalized spacial score (nSPS) is 33.8. The Morgan fingerprint density at radius 3 is 2.57 bits per heavy atom. The Kier molecular flexibility index (Phi) is 3.71. The van der Waals surface area contributed by atoms with Gasteiger partial charge in [0.2, 0.25) is 0 Å². The van der Waals surface area contributed by atoms with E-state index < -0.39 is 36.4 Å². The van der Waals surface area contributed by atoms with Crippen LogP contribution in [-0.4, -0.2) is 41.5 Å². The van der Waals surface area contributed by atoms with Crippen LogP contribution < -0.4 is 0 Å². The summed E-state index contributed by atoms with van der Waals surface area (Å²) in [4.78, 5) is 11.3. The number of ether oxygens (including phenoxy) is 4. The summed E-state index contributed by atoms with van der Waals surface area (Å²) in [5.74, 6) is -1.90. The Labute approximate surface area is 122 Å². The number of carbonyl (C=O) groups is 1. The van der Waals surface area contributed by atoms with E-state index in [0.29, 0.717) is 6.61 Å². The van der Waals surface area contributed by atoms with E-state index in [1.54, 1.807) is 13.8 Å². The monoisotopic (exact) mass is 294 g/mol. The molecule has 0 amide bonds. The van der Waals surface area contributed by atoms with Crippen molar-refractivity contribution < 1.29 is 28.8 Å². The van der Waals surface area contributed by atoms with Gasteiger partial charge in [-0.1, -0.05) is 30.3 Å². The molecule has 114 valence electrons. The van der Waals surface area contributed by atoms with Crippen LogP contribution in [-0.2, 0) is 30.3 Å². The third kappa shape index (κ3) is 2.94. The van der Waals surface area contributed by atoms with Crippen LogP contribution in [0.3, 0.4) is 0 Å². The summed E-state index contributed by atoms with van der Waals surface area (Å²) in [6.07, 6.45) is -3.02. The molecule has 2 aliphatic rings. The molecule has 6 heteroatoms. The summed E-state index contributed by atoms with van der Waals surface area (Å²) in [6, 6.07) is 9.60. The lowest BCUT2D eigenvalue weighted by Gasteiger charge is -2.23. The molecule has 1 aromatic rings. The molecule has 3 rings (SSSR count). The quantitative estimate of drug-likeness (QED) is 0.908. The second-order valence-electron chi connectivity index (χ2n) is 5.62. The summed E-state index contributed by atoms with van der Waals surface area (Å²) < 4.78 is 22.5. The zero-order valence-electron chi connectivity index (χ0n) is 11.9. The zero-order chi connectivity index (χ0) is 15.0. The minimum atomic E-state index is -1.07. The molecule has 0 radical (unpaired) electrons. The first kappa shape index (κ1) is 14.5. The topological polar surface area (TPSA) is 74.2 Å². The Hall–Kier alpha value is -1.47. The Bertz CT molecular complexity index is 514. The predicted octanol–water partition coefficient (Wildman–Crippen LogP) is 1.53. The molecule has 6 nitrogen and oxygen atoms in total. The highest BCUT2D eigenvalue weighted by Crippen LogP contribution is 2.39. The lowest BCUT2D eigenvalue weighted by molar-refractivity contribution is -0.237. The summed E-state index contributed by atoms with van der Waals surface area (Å²) in [5.41, 5.74) is 0.981. The van der Waals surface area contributed by atoms with Gasteiger partial charge in [0, 0.05) is 0 Å². The fourth-order valence-corrected chi connectivity index (χ4v) is 2.65. The number of carboxylic acid groups (broad SMARTS) is 1. The summed E-state index contributed by atoms with van der Waals surface area (Å²) in [5, 5.41) is 9.22. The Balaban J connectivity index is 1.69. The molecule has 4 atom stereocenters. The van der Waals surface area contributed by atoms with Gasteiger partial charge in [0.25, 0.3) is 0 Å². The maximum absolute atomic E-state index is 11.3. The van der Waals surface area contributed by atoms with Gasteiger partial charge in [0.05, 0.1) is 6.61 Å². The minimum Gasteiger partial charge on any atom is -0.479 e. The number of fused-ring (bicyclic) bond motifs is 1. The molecule has 1 N–H and O–H groups in total. The van der Waals surface area contributed by atoms with E-state index in [4.69, 9.17) is 18.9 Å². The van der Waals surface area contributed by atoms with E-state index in [1.807, 2.05) is 30.3 Å². The maximum Gasteiger partial charge on any atom is 0.335 e. The van der Waals surface area contributed by atoms with Crippen LogP contribution in [0.15, 0.2) is 30.3 Å². The highest BCUT2D eigenvalue weighted by molar-refractivity contribution is 5.73. The smallest absolute Gasteiger partial charge is 0.335 e. The van der Waals surface area contributed by atoms with Crippen molar-refractivity contribution in [1.82, 2.24) is 0 Å². The van der Waals surface area contributed by atoms with Crippen molar-refractivity contribution in [3.8, 4) is 0 Å². The first-order valence-corrected chi connectivity index (χ1v) is 6.86. The highest BCUT2D eigenvalue weighted by Gasteiger charge is 2.58. The van der Waals surface area contributed by atoms with Gasteiger partial charge in [0.1, 0.15) is 12.2 Å². The third-order valence-corrected chi connectivity index (χ3v) is 3.51. The van der Waals surface area contributed by atoms with Gasteiger partial charge in [-0.15, -0.1) is 0 Å². The summed E-state index contributed by atoms with van der Waals surface area (Å²) >= 11 is 0. The van der Waals surface area contributed by atoms with Crippen molar-refractivity contribution in [3.63, 3.8) is 0 Å².